The first-order chi connectivity index (χ1) is 14.1. The number of imidazole rings is 1. The summed E-state index contributed by atoms with van der Waals surface area (Å²) in [6, 6.07) is 2.98. The molecule has 0 radical (unpaired) electrons. The lowest BCUT2D eigenvalue weighted by Crippen LogP contribution is -2.05. The van der Waals surface area contributed by atoms with Gasteiger partial charge in [0.25, 0.3) is 0 Å². The van der Waals surface area contributed by atoms with Gasteiger partial charge in [0.05, 0.1) is 5.52 Å². The Hall–Kier alpha value is -3.50. The van der Waals surface area contributed by atoms with Crippen molar-refractivity contribution in [2.24, 2.45) is 14.1 Å². The summed E-state index contributed by atoms with van der Waals surface area (Å²) in [5.74, 6) is -0.155. The van der Waals surface area contributed by atoms with Crippen LogP contribution in [0.4, 0.5) is 17.6 Å². The van der Waals surface area contributed by atoms with E-state index >= 15 is 0 Å². The molecule has 0 saturated heterocycles. The molecule has 0 unspecified atom stereocenters. The van der Waals surface area contributed by atoms with Crippen molar-refractivity contribution in [2.45, 2.75) is 19.7 Å². The van der Waals surface area contributed by atoms with E-state index in [0.717, 1.165) is 22.3 Å². The lowest BCUT2D eigenvalue weighted by atomic mass is 10.2. The number of rotatable bonds is 4. The van der Waals surface area contributed by atoms with E-state index in [1.54, 1.807) is 6.92 Å². The van der Waals surface area contributed by atoms with Crippen molar-refractivity contribution in [3.8, 4) is 17.4 Å². The summed E-state index contributed by atoms with van der Waals surface area (Å²) in [4.78, 5) is 16.0. The Morgan fingerprint density at radius 3 is 2.53 bits per heavy atom. The zero-order valence-corrected chi connectivity index (χ0v) is 16.2. The van der Waals surface area contributed by atoms with E-state index in [1.807, 2.05) is 23.9 Å². The van der Waals surface area contributed by atoms with Gasteiger partial charge in [-0.15, -0.1) is 0 Å². The van der Waals surface area contributed by atoms with Gasteiger partial charge in [0, 0.05) is 38.2 Å². The van der Waals surface area contributed by atoms with Gasteiger partial charge in [-0.25, -0.2) is 19.3 Å². The molecule has 30 heavy (non-hydrogen) atoms. The van der Waals surface area contributed by atoms with Crippen LogP contribution >= 0.6 is 0 Å². The minimum absolute atomic E-state index is 0.0324. The van der Waals surface area contributed by atoms with Crippen LogP contribution in [0.1, 0.15) is 17.1 Å². The number of fused-ring (bicyclic) bond motifs is 1. The van der Waals surface area contributed by atoms with Crippen molar-refractivity contribution in [2.75, 3.05) is 0 Å². The Bertz CT molecular complexity index is 1240. The van der Waals surface area contributed by atoms with Crippen LogP contribution in [-0.2, 0) is 26.9 Å². The highest BCUT2D eigenvalue weighted by molar-refractivity contribution is 5.80. The summed E-state index contributed by atoms with van der Waals surface area (Å²) < 4.78 is 61.8. The van der Waals surface area contributed by atoms with E-state index in [4.69, 9.17) is 4.74 Å². The van der Waals surface area contributed by atoms with Gasteiger partial charge in [0.2, 0.25) is 5.88 Å². The minimum Gasteiger partial charge on any atom is -0.471 e. The number of hydrogen-bond donors (Lipinski definition) is 0. The molecule has 0 saturated carbocycles. The van der Waals surface area contributed by atoms with Gasteiger partial charge in [-0.2, -0.15) is 18.2 Å². The number of nitrogens with zero attached hydrogens (tertiary/aromatic N) is 6. The van der Waals surface area contributed by atoms with E-state index in [9.17, 15) is 17.6 Å². The van der Waals surface area contributed by atoms with Crippen molar-refractivity contribution in [3.05, 3.63) is 53.6 Å². The lowest BCUT2D eigenvalue weighted by molar-refractivity contribution is -0.140. The Balaban J connectivity index is 1.59. The SMILES string of the molecule is Cc1nc(OCc2cnc(-c3nc(C(F)(F)F)cn3C)c(F)c2)c2c(ccn2C)n1. The second-order valence-corrected chi connectivity index (χ2v) is 6.76. The fraction of sp³-hybridized carbons (Fsp3) is 0.263. The van der Waals surface area contributed by atoms with Crippen LogP contribution in [0.25, 0.3) is 22.6 Å². The Labute approximate surface area is 168 Å². The third kappa shape index (κ3) is 3.58. The van der Waals surface area contributed by atoms with Gasteiger partial charge in [-0.05, 0) is 19.1 Å². The molecule has 4 heterocycles. The number of alkyl halides is 3. The number of pyridine rings is 1. The second kappa shape index (κ2) is 7.08. The number of halogens is 4. The topological polar surface area (TPSA) is 70.7 Å². The molecule has 4 rings (SSSR count). The minimum atomic E-state index is -4.63. The molecule has 0 aliphatic carbocycles. The van der Waals surface area contributed by atoms with Gasteiger partial charge in [-0.1, -0.05) is 0 Å². The smallest absolute Gasteiger partial charge is 0.434 e. The molecule has 0 aromatic carbocycles. The first kappa shape index (κ1) is 19.8. The van der Waals surface area contributed by atoms with Crippen molar-refractivity contribution >= 4 is 11.0 Å². The zero-order chi connectivity index (χ0) is 21.6. The third-order valence-corrected chi connectivity index (χ3v) is 4.45. The van der Waals surface area contributed by atoms with Crippen molar-refractivity contribution in [1.82, 2.24) is 29.1 Å². The van der Waals surface area contributed by atoms with E-state index < -0.39 is 17.7 Å². The van der Waals surface area contributed by atoms with Gasteiger partial charge < -0.3 is 13.9 Å². The standard InChI is InChI=1S/C19H16F4N6O/c1-10-25-13-4-5-28(2)16(13)18(26-10)30-9-11-6-12(20)15(24-7-11)17-27-14(8-29(17)3)19(21,22)23/h4-8H,9H2,1-3H3. The Morgan fingerprint density at radius 2 is 1.87 bits per heavy atom. The largest absolute Gasteiger partial charge is 0.471 e. The van der Waals surface area contributed by atoms with Gasteiger partial charge in [0.1, 0.15) is 23.6 Å². The first-order valence-electron chi connectivity index (χ1n) is 8.81. The van der Waals surface area contributed by atoms with Crippen LogP contribution in [0, 0.1) is 12.7 Å². The molecule has 156 valence electrons. The maximum Gasteiger partial charge on any atom is 0.434 e. The highest BCUT2D eigenvalue weighted by Gasteiger charge is 2.35. The molecule has 0 fully saturated rings. The fourth-order valence-electron chi connectivity index (χ4n) is 3.06. The molecular formula is C19H16F4N6O. The van der Waals surface area contributed by atoms with Crippen molar-refractivity contribution < 1.29 is 22.3 Å². The van der Waals surface area contributed by atoms with Crippen LogP contribution in [0.3, 0.4) is 0 Å². The summed E-state index contributed by atoms with van der Waals surface area (Å²) in [5, 5.41) is 0. The molecule has 0 aliphatic heterocycles. The molecule has 7 nitrogen and oxygen atoms in total. The third-order valence-electron chi connectivity index (χ3n) is 4.45. The summed E-state index contributed by atoms with van der Waals surface area (Å²) in [7, 11) is 3.17. The van der Waals surface area contributed by atoms with Crippen LogP contribution < -0.4 is 4.74 Å². The Morgan fingerprint density at radius 1 is 1.10 bits per heavy atom. The van der Waals surface area contributed by atoms with E-state index in [0.29, 0.717) is 22.8 Å². The van der Waals surface area contributed by atoms with E-state index in [2.05, 4.69) is 19.9 Å². The summed E-state index contributed by atoms with van der Waals surface area (Å²) in [6.45, 7) is 1.70. The molecule has 0 aliphatic rings. The first-order valence-corrected chi connectivity index (χ1v) is 8.81. The summed E-state index contributed by atoms with van der Waals surface area (Å²) in [5.41, 5.74) is 0.409. The van der Waals surface area contributed by atoms with Gasteiger partial charge in [-0.3, -0.25) is 0 Å². The quantitative estimate of drug-likeness (QED) is 0.470. The average molecular weight is 420 g/mol. The van der Waals surface area contributed by atoms with Crippen LogP contribution in [0.15, 0.2) is 30.7 Å². The van der Waals surface area contributed by atoms with Crippen LogP contribution in [-0.4, -0.2) is 29.1 Å². The molecule has 4 aromatic rings. The highest BCUT2D eigenvalue weighted by atomic mass is 19.4. The monoisotopic (exact) mass is 420 g/mol. The fourth-order valence-corrected chi connectivity index (χ4v) is 3.06. The number of hydrogen-bond acceptors (Lipinski definition) is 5. The zero-order valence-electron chi connectivity index (χ0n) is 16.2. The van der Waals surface area contributed by atoms with E-state index in [1.165, 1.54) is 13.2 Å². The lowest BCUT2D eigenvalue weighted by Gasteiger charge is -2.10. The number of aryl methyl sites for hydroxylation is 3. The van der Waals surface area contributed by atoms with Gasteiger partial charge in [0.15, 0.2) is 17.3 Å². The molecule has 0 N–H and O–H groups in total. The average Bonchev–Trinajstić information content (AvgIpc) is 3.23. The molecule has 0 amide bonds. The highest BCUT2D eigenvalue weighted by Crippen LogP contribution is 2.31. The number of ether oxygens (including phenoxy) is 1. The maximum absolute atomic E-state index is 14.6. The molecule has 0 bridgehead atoms. The number of aromatic nitrogens is 6. The second-order valence-electron chi connectivity index (χ2n) is 6.76. The van der Waals surface area contributed by atoms with Crippen LogP contribution in [0.5, 0.6) is 5.88 Å². The molecule has 4 aromatic heterocycles. The normalized spacial score (nSPS) is 12.0. The molecule has 0 atom stereocenters. The van der Waals surface area contributed by atoms with Crippen LogP contribution in [0.2, 0.25) is 0 Å². The summed E-state index contributed by atoms with van der Waals surface area (Å²) >= 11 is 0. The predicted octanol–water partition coefficient (Wildman–Crippen LogP) is 3.81. The van der Waals surface area contributed by atoms with E-state index in [-0.39, 0.29) is 18.1 Å². The molecular weight excluding hydrogens is 404 g/mol. The summed E-state index contributed by atoms with van der Waals surface area (Å²) in [6.07, 6.45) is -0.686. The predicted molar refractivity (Wildman–Crippen MR) is 99.0 cm³/mol. The van der Waals surface area contributed by atoms with Crippen molar-refractivity contribution in [3.63, 3.8) is 0 Å². The Kier molecular flexibility index (Phi) is 4.67. The molecule has 11 heteroatoms. The molecule has 0 spiro atoms. The van der Waals surface area contributed by atoms with Crippen molar-refractivity contribution in [1.29, 1.82) is 0 Å². The van der Waals surface area contributed by atoms with Gasteiger partial charge >= 0.3 is 6.18 Å². The maximum atomic E-state index is 14.6.